The molecular formula is C17H16FN5O2. The second-order valence-corrected chi connectivity index (χ2v) is 5.67. The van der Waals surface area contributed by atoms with Crippen molar-refractivity contribution in [2.75, 3.05) is 36.0 Å². The molecule has 25 heavy (non-hydrogen) atoms. The summed E-state index contributed by atoms with van der Waals surface area (Å²) in [7, 11) is 0. The predicted octanol–water partition coefficient (Wildman–Crippen LogP) is 1.90. The molecule has 0 aliphatic carbocycles. The van der Waals surface area contributed by atoms with Crippen LogP contribution < -0.4 is 9.80 Å². The molecule has 2 aromatic rings. The molecule has 1 saturated heterocycles. The summed E-state index contributed by atoms with van der Waals surface area (Å²) in [6.45, 7) is 2.60. The van der Waals surface area contributed by atoms with E-state index in [0.717, 1.165) is 13.0 Å². The monoisotopic (exact) mass is 341 g/mol. The van der Waals surface area contributed by atoms with E-state index in [9.17, 15) is 9.18 Å². The van der Waals surface area contributed by atoms with Crippen LogP contribution in [-0.4, -0.2) is 47.2 Å². The molecule has 1 aliphatic heterocycles. The van der Waals surface area contributed by atoms with Crippen molar-refractivity contribution in [2.45, 2.75) is 6.42 Å². The Kier molecular flexibility index (Phi) is 4.75. The van der Waals surface area contributed by atoms with Crippen molar-refractivity contribution in [2.24, 2.45) is 0 Å². The van der Waals surface area contributed by atoms with Gasteiger partial charge in [-0.15, -0.1) is 0 Å². The fraction of sp³-hybridized carbons (Fsp3) is 0.294. The molecule has 0 radical (unpaired) electrons. The smallest absolute Gasteiger partial charge is 0.356 e. The van der Waals surface area contributed by atoms with Crippen molar-refractivity contribution in [3.05, 3.63) is 47.7 Å². The number of carbonyl (C=O) groups is 1. The molecular weight excluding hydrogens is 325 g/mol. The van der Waals surface area contributed by atoms with Gasteiger partial charge in [-0.3, -0.25) is 0 Å². The highest BCUT2D eigenvalue weighted by atomic mass is 19.1. The highest BCUT2D eigenvalue weighted by molar-refractivity contribution is 5.84. The average molecular weight is 341 g/mol. The van der Waals surface area contributed by atoms with Gasteiger partial charge in [-0.25, -0.2) is 19.2 Å². The lowest BCUT2D eigenvalue weighted by Crippen LogP contribution is -2.31. The van der Waals surface area contributed by atoms with E-state index in [0.29, 0.717) is 36.7 Å². The van der Waals surface area contributed by atoms with E-state index in [4.69, 9.17) is 10.4 Å². The van der Waals surface area contributed by atoms with Gasteiger partial charge < -0.3 is 14.9 Å². The average Bonchev–Trinajstić information content (AvgIpc) is 2.87. The van der Waals surface area contributed by atoms with Crippen molar-refractivity contribution in [1.29, 1.82) is 5.26 Å². The molecule has 128 valence electrons. The third kappa shape index (κ3) is 3.66. The molecule has 1 aromatic heterocycles. The van der Waals surface area contributed by atoms with E-state index in [1.807, 2.05) is 15.9 Å². The summed E-state index contributed by atoms with van der Waals surface area (Å²) in [4.78, 5) is 22.8. The number of nitriles is 1. The molecule has 0 unspecified atom stereocenters. The van der Waals surface area contributed by atoms with E-state index in [2.05, 4.69) is 9.97 Å². The maximum absolute atomic E-state index is 14.2. The first-order chi connectivity index (χ1) is 12.1. The van der Waals surface area contributed by atoms with Crippen LogP contribution in [0.2, 0.25) is 0 Å². The van der Waals surface area contributed by atoms with Gasteiger partial charge in [-0.2, -0.15) is 5.26 Å². The van der Waals surface area contributed by atoms with Gasteiger partial charge >= 0.3 is 5.97 Å². The molecule has 1 aliphatic rings. The number of aromatic nitrogens is 2. The summed E-state index contributed by atoms with van der Waals surface area (Å²) in [5.74, 6) is -0.914. The van der Waals surface area contributed by atoms with Crippen LogP contribution in [0.3, 0.4) is 0 Å². The van der Waals surface area contributed by atoms with Crippen LogP contribution in [-0.2, 0) is 0 Å². The summed E-state index contributed by atoms with van der Waals surface area (Å²) in [5.41, 5.74) is 0.680. The largest absolute Gasteiger partial charge is 0.476 e. The number of hydrogen-bond acceptors (Lipinski definition) is 6. The molecule has 2 heterocycles. The van der Waals surface area contributed by atoms with E-state index in [-0.39, 0.29) is 5.69 Å². The van der Waals surface area contributed by atoms with Crippen LogP contribution in [0.1, 0.15) is 22.5 Å². The molecule has 0 spiro atoms. The van der Waals surface area contributed by atoms with E-state index >= 15 is 0 Å². The quantitative estimate of drug-likeness (QED) is 0.911. The van der Waals surface area contributed by atoms with E-state index in [1.165, 1.54) is 18.5 Å². The number of aromatic carboxylic acids is 1. The Bertz CT molecular complexity index is 819. The van der Waals surface area contributed by atoms with Gasteiger partial charge in [0.25, 0.3) is 0 Å². The molecule has 1 fully saturated rings. The van der Waals surface area contributed by atoms with Gasteiger partial charge in [-0.05, 0) is 24.6 Å². The van der Waals surface area contributed by atoms with Gasteiger partial charge in [0, 0.05) is 26.2 Å². The molecule has 0 saturated carbocycles. The first kappa shape index (κ1) is 16.6. The lowest BCUT2D eigenvalue weighted by atomic mass is 10.2. The zero-order valence-electron chi connectivity index (χ0n) is 13.4. The van der Waals surface area contributed by atoms with Gasteiger partial charge in [0.05, 0.1) is 29.7 Å². The molecule has 8 heteroatoms. The standard InChI is InChI=1S/C17H16FN5O2/c18-13-8-12(9-19)2-3-15(13)22-4-1-5-23(7-6-22)16-11-20-14(10-21-16)17(24)25/h2-3,8,10-11H,1,4-7H2,(H,24,25). The number of nitrogens with zero attached hydrogens (tertiary/aromatic N) is 5. The molecule has 3 rings (SSSR count). The molecule has 1 aromatic carbocycles. The molecule has 1 N–H and O–H groups in total. The third-order valence-corrected chi connectivity index (χ3v) is 4.09. The molecule has 7 nitrogen and oxygen atoms in total. The van der Waals surface area contributed by atoms with Crippen molar-refractivity contribution < 1.29 is 14.3 Å². The van der Waals surface area contributed by atoms with Gasteiger partial charge in [0.1, 0.15) is 11.6 Å². The number of carboxylic acids is 1. The fourth-order valence-electron chi connectivity index (χ4n) is 2.82. The fourth-order valence-corrected chi connectivity index (χ4v) is 2.82. The summed E-state index contributed by atoms with van der Waals surface area (Å²) >= 11 is 0. The zero-order chi connectivity index (χ0) is 17.8. The first-order valence-electron chi connectivity index (χ1n) is 7.83. The number of rotatable bonds is 3. The van der Waals surface area contributed by atoms with Gasteiger partial charge in [-0.1, -0.05) is 0 Å². The molecule has 0 amide bonds. The van der Waals surface area contributed by atoms with Gasteiger partial charge in [0.15, 0.2) is 5.69 Å². The summed E-state index contributed by atoms with van der Waals surface area (Å²) in [6.07, 6.45) is 3.48. The third-order valence-electron chi connectivity index (χ3n) is 4.09. The number of carboxylic acid groups (broad SMARTS) is 1. The Morgan fingerprint density at radius 2 is 1.92 bits per heavy atom. The lowest BCUT2D eigenvalue weighted by Gasteiger charge is -2.24. The summed E-state index contributed by atoms with van der Waals surface area (Å²) in [6, 6.07) is 6.41. The number of anilines is 2. The summed E-state index contributed by atoms with van der Waals surface area (Å²) in [5, 5.41) is 17.7. The Hall–Kier alpha value is -3.21. The number of benzene rings is 1. The Morgan fingerprint density at radius 1 is 1.16 bits per heavy atom. The number of hydrogen-bond donors (Lipinski definition) is 1. The zero-order valence-corrected chi connectivity index (χ0v) is 13.4. The Labute approximate surface area is 144 Å². The minimum atomic E-state index is -1.11. The van der Waals surface area contributed by atoms with Crippen LogP contribution >= 0.6 is 0 Å². The minimum absolute atomic E-state index is 0.0974. The van der Waals surface area contributed by atoms with Gasteiger partial charge in [0.2, 0.25) is 0 Å². The highest BCUT2D eigenvalue weighted by Gasteiger charge is 2.19. The molecule has 0 atom stereocenters. The summed E-state index contributed by atoms with van der Waals surface area (Å²) < 4.78 is 14.2. The van der Waals surface area contributed by atoms with Crippen molar-refractivity contribution in [3.8, 4) is 6.07 Å². The molecule has 0 bridgehead atoms. The van der Waals surface area contributed by atoms with E-state index < -0.39 is 11.8 Å². The lowest BCUT2D eigenvalue weighted by molar-refractivity contribution is 0.0690. The normalized spacial score (nSPS) is 14.7. The van der Waals surface area contributed by atoms with Crippen molar-refractivity contribution in [3.63, 3.8) is 0 Å². The predicted molar refractivity (Wildman–Crippen MR) is 89.1 cm³/mol. The van der Waals surface area contributed by atoms with Crippen LogP contribution in [0, 0.1) is 17.1 Å². The van der Waals surface area contributed by atoms with Crippen LogP contribution in [0.15, 0.2) is 30.6 Å². The highest BCUT2D eigenvalue weighted by Crippen LogP contribution is 2.23. The van der Waals surface area contributed by atoms with Crippen molar-refractivity contribution in [1.82, 2.24) is 9.97 Å². The van der Waals surface area contributed by atoms with Crippen LogP contribution in [0.4, 0.5) is 15.9 Å². The second kappa shape index (κ2) is 7.13. The van der Waals surface area contributed by atoms with Crippen LogP contribution in [0.5, 0.6) is 0 Å². The van der Waals surface area contributed by atoms with Crippen molar-refractivity contribution >= 4 is 17.5 Å². The minimum Gasteiger partial charge on any atom is -0.476 e. The first-order valence-corrected chi connectivity index (χ1v) is 7.83. The topological polar surface area (TPSA) is 93.4 Å². The maximum Gasteiger partial charge on any atom is 0.356 e. The Morgan fingerprint density at radius 3 is 2.56 bits per heavy atom. The second-order valence-electron chi connectivity index (χ2n) is 5.67. The number of halogens is 1. The maximum atomic E-state index is 14.2. The van der Waals surface area contributed by atoms with E-state index in [1.54, 1.807) is 12.1 Å². The van der Waals surface area contributed by atoms with Crippen LogP contribution in [0.25, 0.3) is 0 Å². The Balaban J connectivity index is 1.72. The SMILES string of the molecule is N#Cc1ccc(N2CCCN(c3cnc(C(=O)O)cn3)CC2)c(F)c1.